The minimum absolute atomic E-state index is 0.575. The molecule has 2 nitrogen and oxygen atoms in total. The SMILES string of the molecule is CC(C)c1ccc(C2CCC(=CC(=O)O)CC2)cc1. The van der Waals surface area contributed by atoms with Crippen molar-refractivity contribution in [1.29, 1.82) is 0 Å². The van der Waals surface area contributed by atoms with Gasteiger partial charge in [0.25, 0.3) is 0 Å². The van der Waals surface area contributed by atoms with Crippen LogP contribution in [0.4, 0.5) is 0 Å². The fourth-order valence-corrected chi connectivity index (χ4v) is 2.79. The van der Waals surface area contributed by atoms with Crippen molar-refractivity contribution in [1.82, 2.24) is 0 Å². The molecule has 0 saturated heterocycles. The van der Waals surface area contributed by atoms with Crippen LogP contribution in [0.25, 0.3) is 0 Å². The molecule has 1 aromatic carbocycles. The summed E-state index contributed by atoms with van der Waals surface area (Å²) in [4.78, 5) is 10.6. The molecule has 0 spiro atoms. The van der Waals surface area contributed by atoms with Crippen LogP contribution in [0.2, 0.25) is 0 Å². The molecular weight excluding hydrogens is 236 g/mol. The Morgan fingerprint density at radius 2 is 1.79 bits per heavy atom. The first-order valence-electron chi connectivity index (χ1n) is 7.08. The van der Waals surface area contributed by atoms with Crippen molar-refractivity contribution in [2.75, 3.05) is 0 Å². The number of aliphatic carboxylic acids is 1. The number of carbonyl (C=O) groups is 1. The van der Waals surface area contributed by atoms with E-state index < -0.39 is 5.97 Å². The first kappa shape index (κ1) is 13.9. The molecule has 0 heterocycles. The smallest absolute Gasteiger partial charge is 0.328 e. The van der Waals surface area contributed by atoms with Crippen LogP contribution in [0, 0.1) is 0 Å². The molecule has 102 valence electrons. The van der Waals surface area contributed by atoms with Crippen molar-refractivity contribution in [2.24, 2.45) is 0 Å². The second-order valence-corrected chi connectivity index (χ2v) is 5.74. The van der Waals surface area contributed by atoms with Crippen LogP contribution in [0.3, 0.4) is 0 Å². The molecule has 0 amide bonds. The van der Waals surface area contributed by atoms with Crippen molar-refractivity contribution >= 4 is 5.97 Å². The number of carboxylic acid groups (broad SMARTS) is 1. The van der Waals surface area contributed by atoms with Crippen LogP contribution in [-0.2, 0) is 4.79 Å². The van der Waals surface area contributed by atoms with Gasteiger partial charge in [0.1, 0.15) is 0 Å². The maximum atomic E-state index is 10.6. The van der Waals surface area contributed by atoms with Crippen molar-refractivity contribution in [3.8, 4) is 0 Å². The number of rotatable bonds is 3. The minimum Gasteiger partial charge on any atom is -0.478 e. The third kappa shape index (κ3) is 3.69. The van der Waals surface area contributed by atoms with Gasteiger partial charge in [-0.2, -0.15) is 0 Å². The molecule has 1 saturated carbocycles. The summed E-state index contributed by atoms with van der Waals surface area (Å²) in [6, 6.07) is 8.93. The van der Waals surface area contributed by atoms with Crippen LogP contribution in [0.5, 0.6) is 0 Å². The van der Waals surface area contributed by atoms with E-state index in [1.165, 1.54) is 17.2 Å². The van der Waals surface area contributed by atoms with E-state index in [4.69, 9.17) is 5.11 Å². The Balaban J connectivity index is 1.99. The number of hydrogen-bond acceptors (Lipinski definition) is 1. The maximum Gasteiger partial charge on any atom is 0.328 e. The Labute approximate surface area is 115 Å². The highest BCUT2D eigenvalue weighted by molar-refractivity contribution is 5.80. The normalized spacial score (nSPS) is 19.5. The van der Waals surface area contributed by atoms with Gasteiger partial charge in [0.05, 0.1) is 0 Å². The lowest BCUT2D eigenvalue weighted by atomic mass is 9.81. The number of allylic oxidation sites excluding steroid dienone is 1. The molecular formula is C17H22O2. The van der Waals surface area contributed by atoms with Crippen LogP contribution >= 0.6 is 0 Å². The second-order valence-electron chi connectivity index (χ2n) is 5.74. The highest BCUT2D eigenvalue weighted by atomic mass is 16.4. The quantitative estimate of drug-likeness (QED) is 0.812. The summed E-state index contributed by atoms with van der Waals surface area (Å²) in [7, 11) is 0. The molecule has 1 aliphatic rings. The van der Waals surface area contributed by atoms with Gasteiger partial charge in [0.2, 0.25) is 0 Å². The summed E-state index contributed by atoms with van der Waals surface area (Å²) in [5.41, 5.74) is 3.87. The average Bonchev–Trinajstić information content (AvgIpc) is 2.39. The molecule has 1 aliphatic carbocycles. The van der Waals surface area contributed by atoms with Gasteiger partial charge in [-0.3, -0.25) is 0 Å². The fourth-order valence-electron chi connectivity index (χ4n) is 2.79. The van der Waals surface area contributed by atoms with E-state index in [-0.39, 0.29) is 0 Å². The van der Waals surface area contributed by atoms with E-state index in [1.54, 1.807) is 0 Å². The van der Waals surface area contributed by atoms with Crippen molar-refractivity contribution in [3.63, 3.8) is 0 Å². The Morgan fingerprint density at radius 1 is 1.21 bits per heavy atom. The van der Waals surface area contributed by atoms with E-state index in [9.17, 15) is 4.79 Å². The van der Waals surface area contributed by atoms with Gasteiger partial charge < -0.3 is 5.11 Å². The summed E-state index contributed by atoms with van der Waals surface area (Å²) in [5.74, 6) is 0.354. The Bertz CT molecular complexity index is 459. The van der Waals surface area contributed by atoms with Gasteiger partial charge in [-0.05, 0) is 48.6 Å². The molecule has 1 fully saturated rings. The zero-order valence-corrected chi connectivity index (χ0v) is 11.7. The van der Waals surface area contributed by atoms with E-state index >= 15 is 0 Å². The van der Waals surface area contributed by atoms with E-state index in [0.717, 1.165) is 31.3 Å². The molecule has 0 unspecified atom stereocenters. The number of hydrogen-bond donors (Lipinski definition) is 1. The van der Waals surface area contributed by atoms with Gasteiger partial charge in [-0.15, -0.1) is 0 Å². The minimum atomic E-state index is -0.810. The van der Waals surface area contributed by atoms with E-state index in [0.29, 0.717) is 11.8 Å². The monoisotopic (exact) mass is 258 g/mol. The second kappa shape index (κ2) is 6.05. The standard InChI is InChI=1S/C17H22O2/c1-12(2)14-7-9-16(10-8-14)15-5-3-13(4-6-15)11-17(18)19/h7-12,15H,3-6H2,1-2H3,(H,18,19). The van der Waals surface area contributed by atoms with Crippen LogP contribution in [0.1, 0.15) is 62.5 Å². The molecule has 0 aliphatic heterocycles. The molecule has 0 aromatic heterocycles. The molecule has 0 atom stereocenters. The lowest BCUT2D eigenvalue weighted by Gasteiger charge is -2.24. The summed E-state index contributed by atoms with van der Waals surface area (Å²) in [6.45, 7) is 4.41. The first-order chi connectivity index (χ1) is 9.06. The molecule has 19 heavy (non-hydrogen) atoms. The molecule has 1 N–H and O–H groups in total. The molecule has 0 radical (unpaired) electrons. The predicted octanol–water partition coefficient (Wildman–Crippen LogP) is 4.48. The average molecular weight is 258 g/mol. The van der Waals surface area contributed by atoms with E-state index in [1.807, 2.05) is 0 Å². The van der Waals surface area contributed by atoms with Crippen LogP contribution in [0.15, 0.2) is 35.9 Å². The summed E-state index contributed by atoms with van der Waals surface area (Å²) in [6.07, 6.45) is 5.37. The highest BCUT2D eigenvalue weighted by Crippen LogP contribution is 2.35. The zero-order valence-electron chi connectivity index (χ0n) is 11.7. The lowest BCUT2D eigenvalue weighted by molar-refractivity contribution is -0.131. The summed E-state index contributed by atoms with van der Waals surface area (Å²) < 4.78 is 0. The molecule has 0 bridgehead atoms. The lowest BCUT2D eigenvalue weighted by Crippen LogP contribution is -2.08. The first-order valence-corrected chi connectivity index (χ1v) is 7.08. The Hall–Kier alpha value is -1.57. The third-order valence-corrected chi connectivity index (χ3v) is 4.03. The van der Waals surface area contributed by atoms with Gasteiger partial charge in [0.15, 0.2) is 0 Å². The van der Waals surface area contributed by atoms with E-state index in [2.05, 4.69) is 38.1 Å². The molecule has 2 rings (SSSR count). The van der Waals surface area contributed by atoms with Gasteiger partial charge in [-0.1, -0.05) is 43.7 Å². The summed E-state index contributed by atoms with van der Waals surface area (Å²) >= 11 is 0. The molecule has 2 heteroatoms. The van der Waals surface area contributed by atoms with Crippen LogP contribution < -0.4 is 0 Å². The fraction of sp³-hybridized carbons (Fsp3) is 0.471. The largest absolute Gasteiger partial charge is 0.478 e. The van der Waals surface area contributed by atoms with Crippen molar-refractivity contribution in [3.05, 3.63) is 47.0 Å². The van der Waals surface area contributed by atoms with Gasteiger partial charge in [0, 0.05) is 6.08 Å². The Kier molecular flexibility index (Phi) is 4.41. The Morgan fingerprint density at radius 3 is 2.26 bits per heavy atom. The van der Waals surface area contributed by atoms with Gasteiger partial charge in [-0.25, -0.2) is 4.79 Å². The van der Waals surface area contributed by atoms with Crippen LogP contribution in [-0.4, -0.2) is 11.1 Å². The van der Waals surface area contributed by atoms with Gasteiger partial charge >= 0.3 is 5.97 Å². The third-order valence-electron chi connectivity index (χ3n) is 4.03. The number of carboxylic acids is 1. The maximum absolute atomic E-state index is 10.6. The topological polar surface area (TPSA) is 37.3 Å². The number of benzene rings is 1. The van der Waals surface area contributed by atoms with Crippen molar-refractivity contribution < 1.29 is 9.90 Å². The highest BCUT2D eigenvalue weighted by Gasteiger charge is 2.18. The van der Waals surface area contributed by atoms with Crippen molar-refractivity contribution in [2.45, 2.75) is 51.4 Å². The molecule has 1 aromatic rings. The predicted molar refractivity (Wildman–Crippen MR) is 77.5 cm³/mol. The summed E-state index contributed by atoms with van der Waals surface area (Å²) in [5, 5.41) is 8.75. The zero-order chi connectivity index (χ0) is 13.8.